The van der Waals surface area contributed by atoms with Crippen molar-refractivity contribution in [3.05, 3.63) is 23.3 Å². The first-order chi connectivity index (χ1) is 7.64. The van der Waals surface area contributed by atoms with E-state index >= 15 is 0 Å². The predicted molar refractivity (Wildman–Crippen MR) is 50.8 cm³/mol. The largest absolute Gasteiger partial charge is 0.508 e. The van der Waals surface area contributed by atoms with Gasteiger partial charge in [0.25, 0.3) is 0 Å². The lowest BCUT2D eigenvalue weighted by Crippen LogP contribution is -2.11. The van der Waals surface area contributed by atoms with Crippen molar-refractivity contribution in [2.45, 2.75) is 19.0 Å². The molecule has 7 heteroatoms. The van der Waals surface area contributed by atoms with Crippen molar-refractivity contribution in [1.29, 1.82) is 0 Å². The monoisotopic (exact) mass is 250 g/mol. The van der Waals surface area contributed by atoms with Gasteiger partial charge < -0.3 is 15.3 Å². The molecular weight excluding hydrogens is 241 g/mol. The first kappa shape index (κ1) is 13.1. The van der Waals surface area contributed by atoms with Crippen LogP contribution in [0.1, 0.15) is 24.0 Å². The molecule has 0 heterocycles. The summed E-state index contributed by atoms with van der Waals surface area (Å²) < 4.78 is 37.4. The number of rotatable bonds is 2. The van der Waals surface area contributed by atoms with Crippen LogP contribution in [0.3, 0.4) is 0 Å². The third-order valence-electron chi connectivity index (χ3n) is 2.27. The van der Waals surface area contributed by atoms with Crippen LogP contribution in [0.2, 0.25) is 0 Å². The van der Waals surface area contributed by atoms with Crippen LogP contribution >= 0.6 is 0 Å². The SMILES string of the molecule is CC(C(=O)O)c1cc(O)cc(C(F)(F)F)c1O. The average Bonchev–Trinajstić information content (AvgIpc) is 2.18. The number of carbonyl (C=O) groups is 1. The summed E-state index contributed by atoms with van der Waals surface area (Å²) in [7, 11) is 0. The van der Waals surface area contributed by atoms with E-state index in [0.717, 1.165) is 13.0 Å². The number of halogens is 3. The molecule has 0 amide bonds. The number of aromatic hydroxyl groups is 2. The molecule has 0 aromatic heterocycles. The second-order valence-corrected chi connectivity index (χ2v) is 3.49. The molecule has 3 N–H and O–H groups in total. The zero-order valence-corrected chi connectivity index (χ0v) is 8.62. The lowest BCUT2D eigenvalue weighted by Gasteiger charge is -2.15. The normalized spacial score (nSPS) is 13.4. The molecule has 0 fully saturated rings. The third-order valence-corrected chi connectivity index (χ3v) is 2.27. The van der Waals surface area contributed by atoms with E-state index in [1.54, 1.807) is 0 Å². The molecule has 0 aliphatic rings. The number of phenolic OH excluding ortho intramolecular Hbond substituents is 2. The Hall–Kier alpha value is -1.92. The highest BCUT2D eigenvalue weighted by Gasteiger charge is 2.36. The fourth-order valence-corrected chi connectivity index (χ4v) is 1.32. The minimum absolute atomic E-state index is 0.341. The molecule has 17 heavy (non-hydrogen) atoms. The van der Waals surface area contributed by atoms with Crippen LogP contribution < -0.4 is 0 Å². The minimum atomic E-state index is -4.87. The van der Waals surface area contributed by atoms with Gasteiger partial charge in [-0.15, -0.1) is 0 Å². The van der Waals surface area contributed by atoms with Crippen LogP contribution in [0, 0.1) is 0 Å². The van der Waals surface area contributed by atoms with E-state index in [0.29, 0.717) is 6.07 Å². The number of alkyl halides is 3. The van der Waals surface area contributed by atoms with E-state index in [4.69, 9.17) is 10.2 Å². The summed E-state index contributed by atoms with van der Waals surface area (Å²) in [6.45, 7) is 1.11. The first-order valence-corrected chi connectivity index (χ1v) is 4.50. The van der Waals surface area contributed by atoms with Gasteiger partial charge in [-0.25, -0.2) is 0 Å². The van der Waals surface area contributed by atoms with Crippen molar-refractivity contribution in [3.8, 4) is 11.5 Å². The topological polar surface area (TPSA) is 77.8 Å². The number of carboxylic acid groups (broad SMARTS) is 1. The number of carboxylic acids is 1. The summed E-state index contributed by atoms with van der Waals surface area (Å²) in [5.41, 5.74) is -1.94. The van der Waals surface area contributed by atoms with E-state index < -0.39 is 40.7 Å². The Morgan fingerprint density at radius 2 is 1.82 bits per heavy atom. The Kier molecular flexibility index (Phi) is 3.21. The summed E-state index contributed by atoms with van der Waals surface area (Å²) in [6, 6.07) is 1.14. The lowest BCUT2D eigenvalue weighted by atomic mass is 9.97. The van der Waals surface area contributed by atoms with Crippen LogP contribution in [-0.4, -0.2) is 21.3 Å². The molecule has 94 valence electrons. The van der Waals surface area contributed by atoms with E-state index in [-0.39, 0.29) is 0 Å². The van der Waals surface area contributed by atoms with Crippen LogP contribution in [0.4, 0.5) is 13.2 Å². The van der Waals surface area contributed by atoms with Crippen LogP contribution in [0.15, 0.2) is 12.1 Å². The molecule has 0 radical (unpaired) electrons. The van der Waals surface area contributed by atoms with Gasteiger partial charge in [-0.05, 0) is 19.1 Å². The van der Waals surface area contributed by atoms with Crippen molar-refractivity contribution < 1.29 is 33.3 Å². The van der Waals surface area contributed by atoms with Crippen LogP contribution in [0.25, 0.3) is 0 Å². The third kappa shape index (κ3) is 2.61. The molecule has 0 bridgehead atoms. The average molecular weight is 250 g/mol. The minimum Gasteiger partial charge on any atom is -0.508 e. The molecule has 0 saturated carbocycles. The summed E-state index contributed by atoms with van der Waals surface area (Å²) in [6.07, 6.45) is -4.87. The molecule has 1 aromatic carbocycles. The van der Waals surface area contributed by atoms with Crippen LogP contribution in [0.5, 0.6) is 11.5 Å². The molecule has 0 spiro atoms. The summed E-state index contributed by atoms with van der Waals surface area (Å²) in [5.74, 6) is -4.69. The van der Waals surface area contributed by atoms with Gasteiger partial charge in [0.05, 0.1) is 5.92 Å². The maximum Gasteiger partial charge on any atom is 0.420 e. The maximum atomic E-state index is 12.5. The number of benzene rings is 1. The number of hydrogen-bond acceptors (Lipinski definition) is 3. The van der Waals surface area contributed by atoms with Gasteiger partial charge in [0.15, 0.2) is 0 Å². The fraction of sp³-hybridized carbons (Fsp3) is 0.300. The van der Waals surface area contributed by atoms with Crippen molar-refractivity contribution in [2.75, 3.05) is 0 Å². The zero-order chi connectivity index (χ0) is 13.4. The van der Waals surface area contributed by atoms with Crippen molar-refractivity contribution in [2.24, 2.45) is 0 Å². The second kappa shape index (κ2) is 4.15. The Morgan fingerprint density at radius 3 is 2.24 bits per heavy atom. The molecule has 1 aromatic rings. The quantitative estimate of drug-likeness (QED) is 0.704. The van der Waals surface area contributed by atoms with Gasteiger partial charge >= 0.3 is 12.1 Å². The molecule has 0 saturated heterocycles. The number of hydrogen-bond donors (Lipinski definition) is 3. The Balaban J connectivity index is 3.44. The van der Waals surface area contributed by atoms with Crippen LogP contribution in [-0.2, 0) is 11.0 Å². The molecular formula is C10H9F3O4. The zero-order valence-electron chi connectivity index (χ0n) is 8.62. The van der Waals surface area contributed by atoms with Gasteiger partial charge in [0, 0.05) is 5.56 Å². The van der Waals surface area contributed by atoms with Gasteiger partial charge in [0.1, 0.15) is 17.1 Å². The van der Waals surface area contributed by atoms with Crippen molar-refractivity contribution in [3.63, 3.8) is 0 Å². The van der Waals surface area contributed by atoms with Gasteiger partial charge in [-0.3, -0.25) is 4.79 Å². The van der Waals surface area contributed by atoms with Gasteiger partial charge in [-0.2, -0.15) is 13.2 Å². The Bertz CT molecular complexity index is 454. The number of phenols is 2. The van der Waals surface area contributed by atoms with E-state index in [1.807, 2.05) is 0 Å². The first-order valence-electron chi connectivity index (χ1n) is 4.50. The highest BCUT2D eigenvalue weighted by atomic mass is 19.4. The van der Waals surface area contributed by atoms with Crippen molar-refractivity contribution in [1.82, 2.24) is 0 Å². The highest BCUT2D eigenvalue weighted by Crippen LogP contribution is 2.42. The second-order valence-electron chi connectivity index (χ2n) is 3.49. The fourth-order valence-electron chi connectivity index (χ4n) is 1.32. The predicted octanol–water partition coefficient (Wildman–Crippen LogP) is 2.30. The maximum absolute atomic E-state index is 12.5. The van der Waals surface area contributed by atoms with E-state index in [9.17, 15) is 23.1 Å². The molecule has 1 unspecified atom stereocenters. The van der Waals surface area contributed by atoms with Gasteiger partial charge in [0.2, 0.25) is 0 Å². The summed E-state index contributed by atoms with van der Waals surface area (Å²) in [5, 5.41) is 27.2. The lowest BCUT2D eigenvalue weighted by molar-refractivity contribution is -0.140. The Labute approximate surface area is 93.9 Å². The summed E-state index contributed by atoms with van der Waals surface area (Å²) in [4.78, 5) is 10.7. The number of aliphatic carboxylic acids is 1. The molecule has 1 atom stereocenters. The smallest absolute Gasteiger partial charge is 0.420 e. The van der Waals surface area contributed by atoms with Gasteiger partial charge in [-0.1, -0.05) is 0 Å². The Morgan fingerprint density at radius 1 is 1.29 bits per heavy atom. The molecule has 4 nitrogen and oxygen atoms in total. The highest BCUT2D eigenvalue weighted by molar-refractivity contribution is 5.77. The standard InChI is InChI=1S/C10H9F3O4/c1-4(9(16)17)6-2-5(14)3-7(8(6)15)10(11,12)13/h2-4,14-15H,1H3,(H,16,17). The van der Waals surface area contributed by atoms with E-state index in [1.165, 1.54) is 0 Å². The van der Waals surface area contributed by atoms with Crippen molar-refractivity contribution >= 4 is 5.97 Å². The summed E-state index contributed by atoms with van der Waals surface area (Å²) >= 11 is 0. The molecule has 1 rings (SSSR count). The van der Waals surface area contributed by atoms with E-state index in [2.05, 4.69) is 0 Å². The molecule has 0 aliphatic heterocycles. The molecule has 0 aliphatic carbocycles.